The third kappa shape index (κ3) is 4.06. The van der Waals surface area contributed by atoms with Crippen LogP contribution < -0.4 is 11.1 Å². The van der Waals surface area contributed by atoms with E-state index in [2.05, 4.69) is 26.4 Å². The van der Waals surface area contributed by atoms with Crippen LogP contribution in [0.4, 0.5) is 0 Å². The molecule has 0 aromatic carbocycles. The van der Waals surface area contributed by atoms with Crippen LogP contribution in [0.25, 0.3) is 0 Å². The van der Waals surface area contributed by atoms with E-state index in [1.807, 2.05) is 6.92 Å². The molecule has 0 bridgehead atoms. The van der Waals surface area contributed by atoms with Crippen LogP contribution in [0.2, 0.25) is 0 Å². The third-order valence-corrected chi connectivity index (χ3v) is 3.55. The Morgan fingerprint density at radius 2 is 2.29 bits per heavy atom. The first-order chi connectivity index (χ1) is 9.85. The smallest absolute Gasteiger partial charge is 0.351 e. The van der Waals surface area contributed by atoms with Crippen molar-refractivity contribution >= 4 is 16.4 Å². The quantitative estimate of drug-likeness (QED) is 0.447. The molecule has 0 amide bonds. The molecule has 21 heavy (non-hydrogen) atoms. The van der Waals surface area contributed by atoms with Crippen molar-refractivity contribution in [2.24, 2.45) is 10.7 Å². The van der Waals surface area contributed by atoms with Gasteiger partial charge in [-0.25, -0.2) is 0 Å². The maximum Gasteiger partial charge on any atom is 0.418 e. The lowest BCUT2D eigenvalue weighted by Gasteiger charge is -2.33. The summed E-state index contributed by atoms with van der Waals surface area (Å²) < 4.78 is 35.1. The van der Waals surface area contributed by atoms with Crippen LogP contribution in [0.15, 0.2) is 16.9 Å². The zero-order valence-corrected chi connectivity index (χ0v) is 12.9. The molecule has 2 rings (SSSR count). The molecule has 2 atom stereocenters. The summed E-state index contributed by atoms with van der Waals surface area (Å²) in [5.41, 5.74) is 5.89. The van der Waals surface area contributed by atoms with Gasteiger partial charge >= 0.3 is 10.4 Å². The lowest BCUT2D eigenvalue weighted by atomic mass is 10.3. The standard InChI is InChI=1S/C11H21N5O4S/c1-3-5-13-11-14-10(15-7-8(15)4-2)6-9(12)16(11)20-21(17,18)19/h6,8-9H,3-5,7,12H2,1-2H3,(H,13,14)(H,17,18,19). The van der Waals surface area contributed by atoms with Crippen LogP contribution in [0.5, 0.6) is 0 Å². The molecule has 2 aliphatic rings. The molecule has 1 fully saturated rings. The molecule has 2 heterocycles. The zero-order valence-electron chi connectivity index (χ0n) is 12.1. The summed E-state index contributed by atoms with van der Waals surface area (Å²) in [5.74, 6) is 0.945. The molecule has 0 aromatic rings. The van der Waals surface area contributed by atoms with E-state index in [0.29, 0.717) is 12.6 Å². The highest BCUT2D eigenvalue weighted by Crippen LogP contribution is 2.27. The van der Waals surface area contributed by atoms with Crippen molar-refractivity contribution < 1.29 is 17.3 Å². The zero-order chi connectivity index (χ0) is 15.6. The lowest BCUT2D eigenvalue weighted by Crippen LogP contribution is -2.55. The van der Waals surface area contributed by atoms with Gasteiger partial charge in [-0.15, -0.1) is 4.28 Å². The molecule has 0 saturated carbocycles. The van der Waals surface area contributed by atoms with E-state index >= 15 is 0 Å². The molecule has 120 valence electrons. The van der Waals surface area contributed by atoms with E-state index < -0.39 is 16.6 Å². The predicted molar refractivity (Wildman–Crippen MR) is 77.0 cm³/mol. The molecule has 0 aromatic heterocycles. The minimum absolute atomic E-state index is 0.168. The van der Waals surface area contributed by atoms with E-state index in [1.165, 1.54) is 0 Å². The Kier molecular flexibility index (Phi) is 4.71. The average molecular weight is 319 g/mol. The number of nitrogens with one attached hydrogen (secondary N) is 1. The first-order valence-electron chi connectivity index (χ1n) is 6.87. The van der Waals surface area contributed by atoms with Crippen LogP contribution >= 0.6 is 0 Å². The fraction of sp³-hybridized carbons (Fsp3) is 0.727. The minimum Gasteiger partial charge on any atom is -0.351 e. The molecule has 0 aliphatic carbocycles. The van der Waals surface area contributed by atoms with Crippen molar-refractivity contribution in [3.63, 3.8) is 0 Å². The Morgan fingerprint density at radius 3 is 2.81 bits per heavy atom. The van der Waals surface area contributed by atoms with E-state index in [-0.39, 0.29) is 5.96 Å². The maximum atomic E-state index is 10.9. The number of hydrogen-bond acceptors (Lipinski definition) is 6. The van der Waals surface area contributed by atoms with Gasteiger partial charge in [-0.2, -0.15) is 13.5 Å². The summed E-state index contributed by atoms with van der Waals surface area (Å²) in [7, 11) is -4.67. The predicted octanol–water partition coefficient (Wildman–Crippen LogP) is -0.388. The topological polar surface area (TPSA) is 120 Å². The first-order valence-corrected chi connectivity index (χ1v) is 8.24. The monoisotopic (exact) mass is 319 g/mol. The molecule has 2 unspecified atom stereocenters. The Balaban J connectivity index is 2.20. The van der Waals surface area contributed by atoms with Crippen LogP contribution in [-0.2, 0) is 14.7 Å². The maximum absolute atomic E-state index is 10.9. The van der Waals surface area contributed by atoms with Gasteiger partial charge in [0.15, 0.2) is 0 Å². The van der Waals surface area contributed by atoms with Crippen LogP contribution in [-0.4, -0.2) is 54.2 Å². The van der Waals surface area contributed by atoms with Crippen molar-refractivity contribution in [3.8, 4) is 0 Å². The largest absolute Gasteiger partial charge is 0.418 e. The second kappa shape index (κ2) is 6.18. The average Bonchev–Trinajstić information content (AvgIpc) is 3.17. The molecule has 0 radical (unpaired) electrons. The van der Waals surface area contributed by atoms with Crippen LogP contribution in [0.3, 0.4) is 0 Å². The molecular weight excluding hydrogens is 298 g/mol. The summed E-state index contributed by atoms with van der Waals surface area (Å²) in [4.78, 5) is 6.32. The van der Waals surface area contributed by atoms with Crippen molar-refractivity contribution in [3.05, 3.63) is 11.9 Å². The van der Waals surface area contributed by atoms with Crippen LogP contribution in [0.1, 0.15) is 26.7 Å². The Bertz CT molecular complexity index is 547. The number of rotatable bonds is 6. The molecule has 4 N–H and O–H groups in total. The fourth-order valence-electron chi connectivity index (χ4n) is 2.09. The van der Waals surface area contributed by atoms with E-state index in [4.69, 9.17) is 10.3 Å². The number of guanidine groups is 1. The SMILES string of the molecule is CCCN=C1NC(N2CC2CC)=CC(N)N1OS(=O)(=O)O. The van der Waals surface area contributed by atoms with Crippen LogP contribution in [0, 0.1) is 0 Å². The normalized spacial score (nSPS) is 27.6. The highest BCUT2D eigenvalue weighted by Gasteiger charge is 2.38. The molecular formula is C11H21N5O4S. The Hall–Kier alpha value is -1.36. The van der Waals surface area contributed by atoms with Gasteiger partial charge < -0.3 is 16.0 Å². The summed E-state index contributed by atoms with van der Waals surface area (Å²) in [6.07, 6.45) is 2.56. The number of nitrogens with zero attached hydrogens (tertiary/aromatic N) is 3. The second-order valence-corrected chi connectivity index (χ2v) is 5.92. The Morgan fingerprint density at radius 1 is 1.57 bits per heavy atom. The summed E-state index contributed by atoms with van der Waals surface area (Å²) in [6, 6.07) is 0.456. The van der Waals surface area contributed by atoms with Gasteiger partial charge in [-0.05, 0) is 18.9 Å². The van der Waals surface area contributed by atoms with Crippen molar-refractivity contribution in [1.29, 1.82) is 0 Å². The first kappa shape index (κ1) is 16.0. The van der Waals surface area contributed by atoms with Gasteiger partial charge in [0, 0.05) is 19.1 Å². The Labute approximate surface area is 124 Å². The minimum atomic E-state index is -4.67. The van der Waals surface area contributed by atoms with Gasteiger partial charge in [0.1, 0.15) is 12.0 Å². The lowest BCUT2D eigenvalue weighted by molar-refractivity contribution is -0.0164. The van der Waals surface area contributed by atoms with Gasteiger partial charge in [0.05, 0.1) is 0 Å². The second-order valence-electron chi connectivity index (χ2n) is 4.92. The van der Waals surface area contributed by atoms with E-state index in [9.17, 15) is 8.42 Å². The summed E-state index contributed by atoms with van der Waals surface area (Å²) in [5, 5.41) is 3.85. The number of hydrogen-bond donors (Lipinski definition) is 3. The van der Waals surface area contributed by atoms with Crippen molar-refractivity contribution in [1.82, 2.24) is 15.3 Å². The van der Waals surface area contributed by atoms with Gasteiger partial charge in [-0.1, -0.05) is 13.8 Å². The molecule has 10 heteroatoms. The van der Waals surface area contributed by atoms with Crippen molar-refractivity contribution in [2.75, 3.05) is 13.1 Å². The van der Waals surface area contributed by atoms with E-state index in [0.717, 1.165) is 30.3 Å². The molecule has 0 spiro atoms. The van der Waals surface area contributed by atoms with Gasteiger partial charge in [0.25, 0.3) is 0 Å². The van der Waals surface area contributed by atoms with Gasteiger partial charge in [0.2, 0.25) is 5.96 Å². The number of aliphatic imine (C=N–C) groups is 1. The fourth-order valence-corrected chi connectivity index (χ4v) is 2.46. The number of hydroxylamine groups is 2. The summed E-state index contributed by atoms with van der Waals surface area (Å²) in [6.45, 7) is 5.43. The molecule has 1 saturated heterocycles. The molecule has 9 nitrogen and oxygen atoms in total. The highest BCUT2D eigenvalue weighted by atomic mass is 32.3. The highest BCUT2D eigenvalue weighted by molar-refractivity contribution is 7.80. The third-order valence-electron chi connectivity index (χ3n) is 3.20. The van der Waals surface area contributed by atoms with E-state index in [1.54, 1.807) is 6.08 Å². The molecule has 2 aliphatic heterocycles. The number of nitrogens with two attached hydrogens (primary N) is 1. The van der Waals surface area contributed by atoms with Gasteiger partial charge in [-0.3, -0.25) is 9.55 Å². The summed E-state index contributed by atoms with van der Waals surface area (Å²) >= 11 is 0. The van der Waals surface area contributed by atoms with Crippen molar-refractivity contribution in [2.45, 2.75) is 38.9 Å².